The summed E-state index contributed by atoms with van der Waals surface area (Å²) in [5.41, 5.74) is 0.488. The van der Waals surface area contributed by atoms with Crippen molar-refractivity contribution in [3.8, 4) is 0 Å². The number of nitrogens with zero attached hydrogens (tertiary/aromatic N) is 1. The van der Waals surface area contributed by atoms with Crippen molar-refractivity contribution in [2.75, 3.05) is 0 Å². The Hall–Kier alpha value is -0.453. The van der Waals surface area contributed by atoms with E-state index in [1.54, 1.807) is 6.07 Å². The second kappa shape index (κ2) is 6.47. The molecule has 1 heterocycles. The molecule has 0 aliphatic carbocycles. The van der Waals surface area contributed by atoms with Gasteiger partial charge in [-0.2, -0.15) is 0 Å². The van der Waals surface area contributed by atoms with E-state index in [1.807, 2.05) is 0 Å². The minimum Gasteiger partial charge on any atom is -0.413 e. The second-order valence-corrected chi connectivity index (χ2v) is 9.39. The van der Waals surface area contributed by atoms with Crippen molar-refractivity contribution in [3.05, 3.63) is 28.8 Å². The van der Waals surface area contributed by atoms with Crippen LogP contribution in [-0.4, -0.2) is 13.3 Å². The number of hydrogen-bond donors (Lipinski definition) is 0. The maximum Gasteiger partial charge on any atom is 0.187 e. The van der Waals surface area contributed by atoms with E-state index >= 15 is 0 Å². The molecule has 0 saturated heterocycles. The molecule has 1 aromatic heterocycles. The SMILES string of the molecule is CCCC[Si](C)(C)OCc1ccnc(Cl)c1F. The molecule has 17 heavy (non-hydrogen) atoms. The first-order valence-corrected chi connectivity index (χ1v) is 9.38. The van der Waals surface area contributed by atoms with E-state index in [1.165, 1.54) is 12.6 Å². The van der Waals surface area contributed by atoms with E-state index in [-0.39, 0.29) is 11.8 Å². The monoisotopic (exact) mass is 275 g/mol. The zero-order valence-corrected chi connectivity index (χ0v) is 12.4. The van der Waals surface area contributed by atoms with Crippen LogP contribution in [0.2, 0.25) is 24.3 Å². The predicted molar refractivity (Wildman–Crippen MR) is 71.2 cm³/mol. The van der Waals surface area contributed by atoms with Crippen molar-refractivity contribution in [2.45, 2.75) is 45.5 Å². The first kappa shape index (κ1) is 14.6. The van der Waals surface area contributed by atoms with Gasteiger partial charge in [0.1, 0.15) is 0 Å². The Kier molecular flexibility index (Phi) is 5.56. The zero-order chi connectivity index (χ0) is 12.9. The minimum atomic E-state index is -1.68. The lowest BCUT2D eigenvalue weighted by atomic mass is 10.3. The molecule has 0 radical (unpaired) electrons. The van der Waals surface area contributed by atoms with Crippen molar-refractivity contribution in [3.63, 3.8) is 0 Å². The fourth-order valence-corrected chi connectivity index (χ4v) is 3.59. The number of pyridine rings is 1. The Morgan fingerprint density at radius 2 is 2.18 bits per heavy atom. The third-order valence-electron chi connectivity index (χ3n) is 2.68. The highest BCUT2D eigenvalue weighted by atomic mass is 35.5. The largest absolute Gasteiger partial charge is 0.413 e. The molecule has 0 aliphatic heterocycles. The summed E-state index contributed by atoms with van der Waals surface area (Å²) >= 11 is 5.62. The number of hydrogen-bond acceptors (Lipinski definition) is 2. The topological polar surface area (TPSA) is 22.1 Å². The lowest BCUT2D eigenvalue weighted by Gasteiger charge is -2.22. The highest BCUT2D eigenvalue weighted by molar-refractivity contribution is 6.71. The van der Waals surface area contributed by atoms with Gasteiger partial charge in [0.25, 0.3) is 0 Å². The van der Waals surface area contributed by atoms with E-state index in [2.05, 4.69) is 25.0 Å². The smallest absolute Gasteiger partial charge is 0.187 e. The highest BCUT2D eigenvalue weighted by Gasteiger charge is 2.22. The van der Waals surface area contributed by atoms with Crippen molar-refractivity contribution < 1.29 is 8.82 Å². The van der Waals surface area contributed by atoms with Gasteiger partial charge >= 0.3 is 0 Å². The summed E-state index contributed by atoms with van der Waals surface area (Å²) < 4.78 is 19.4. The minimum absolute atomic E-state index is 0.0841. The highest BCUT2D eigenvalue weighted by Crippen LogP contribution is 2.20. The second-order valence-electron chi connectivity index (χ2n) is 4.73. The van der Waals surface area contributed by atoms with Gasteiger partial charge in [-0.05, 0) is 25.2 Å². The Balaban J connectivity index is 2.58. The van der Waals surface area contributed by atoms with Crippen LogP contribution in [0.4, 0.5) is 4.39 Å². The molecule has 1 rings (SSSR count). The Bertz CT molecular complexity index is 374. The standard InChI is InChI=1S/C12H19ClFNOSi/c1-4-5-8-17(2,3)16-9-10-6-7-15-12(13)11(10)14/h6-7H,4-5,8-9H2,1-3H3. The molecule has 0 amide bonds. The molecule has 0 aliphatic rings. The van der Waals surface area contributed by atoms with Gasteiger partial charge in [-0.15, -0.1) is 0 Å². The quantitative estimate of drug-likeness (QED) is 0.567. The van der Waals surface area contributed by atoms with Gasteiger partial charge in [0.05, 0.1) is 6.61 Å². The van der Waals surface area contributed by atoms with Crippen molar-refractivity contribution in [2.24, 2.45) is 0 Å². The van der Waals surface area contributed by atoms with Gasteiger partial charge in [-0.3, -0.25) is 0 Å². The summed E-state index contributed by atoms with van der Waals surface area (Å²) in [6, 6.07) is 2.72. The molecule has 96 valence electrons. The van der Waals surface area contributed by atoms with Crippen LogP contribution >= 0.6 is 11.6 Å². The molecule has 0 N–H and O–H groups in total. The van der Waals surface area contributed by atoms with Gasteiger partial charge in [-0.25, -0.2) is 9.37 Å². The maximum absolute atomic E-state index is 13.6. The summed E-state index contributed by atoms with van der Waals surface area (Å²) in [5.74, 6) is -0.463. The summed E-state index contributed by atoms with van der Waals surface area (Å²) in [6.07, 6.45) is 3.83. The fraction of sp³-hybridized carbons (Fsp3) is 0.583. The molecule has 0 unspecified atom stereocenters. The molecule has 0 atom stereocenters. The number of unbranched alkanes of at least 4 members (excludes halogenated alkanes) is 1. The Morgan fingerprint density at radius 1 is 1.47 bits per heavy atom. The van der Waals surface area contributed by atoms with E-state index in [9.17, 15) is 4.39 Å². The summed E-state index contributed by atoms with van der Waals surface area (Å²) in [4.78, 5) is 3.68. The maximum atomic E-state index is 13.6. The number of halogens is 2. The van der Waals surface area contributed by atoms with Gasteiger partial charge < -0.3 is 4.43 Å². The van der Waals surface area contributed by atoms with Crippen LogP contribution in [-0.2, 0) is 11.0 Å². The van der Waals surface area contributed by atoms with Gasteiger partial charge in [0, 0.05) is 11.8 Å². The van der Waals surface area contributed by atoms with Crippen molar-refractivity contribution in [1.29, 1.82) is 0 Å². The molecule has 0 saturated carbocycles. The number of aromatic nitrogens is 1. The summed E-state index contributed by atoms with van der Waals surface area (Å²) in [7, 11) is -1.68. The van der Waals surface area contributed by atoms with Gasteiger partial charge in [-0.1, -0.05) is 31.4 Å². The van der Waals surface area contributed by atoms with Crippen LogP contribution in [0.3, 0.4) is 0 Å². The summed E-state index contributed by atoms with van der Waals surface area (Å²) in [5, 5.41) is -0.0841. The molecule has 0 aromatic carbocycles. The molecule has 0 bridgehead atoms. The molecule has 1 aromatic rings. The van der Waals surface area contributed by atoms with Gasteiger partial charge in [0.2, 0.25) is 0 Å². The van der Waals surface area contributed by atoms with Crippen molar-refractivity contribution >= 4 is 19.9 Å². The average Bonchev–Trinajstić information content (AvgIpc) is 2.29. The molecule has 2 nitrogen and oxygen atoms in total. The van der Waals surface area contributed by atoms with E-state index < -0.39 is 14.1 Å². The van der Waals surface area contributed by atoms with E-state index in [4.69, 9.17) is 16.0 Å². The average molecular weight is 276 g/mol. The van der Waals surface area contributed by atoms with E-state index in [0.29, 0.717) is 5.56 Å². The van der Waals surface area contributed by atoms with Crippen LogP contribution < -0.4 is 0 Å². The molecule has 0 fully saturated rings. The molecular weight excluding hydrogens is 257 g/mol. The van der Waals surface area contributed by atoms with E-state index in [0.717, 1.165) is 12.5 Å². The first-order valence-electron chi connectivity index (χ1n) is 5.89. The Morgan fingerprint density at radius 3 is 2.82 bits per heavy atom. The molecular formula is C12H19ClFNOSi. The lowest BCUT2D eigenvalue weighted by molar-refractivity contribution is 0.287. The molecule has 0 spiro atoms. The lowest BCUT2D eigenvalue weighted by Crippen LogP contribution is -2.29. The van der Waals surface area contributed by atoms with Crippen LogP contribution in [0.25, 0.3) is 0 Å². The Labute approximate surface area is 108 Å². The third-order valence-corrected chi connectivity index (χ3v) is 5.42. The normalized spacial score (nSPS) is 11.8. The zero-order valence-electron chi connectivity index (χ0n) is 10.6. The number of rotatable bonds is 6. The van der Waals surface area contributed by atoms with Crippen LogP contribution in [0.5, 0.6) is 0 Å². The van der Waals surface area contributed by atoms with Crippen LogP contribution in [0, 0.1) is 5.82 Å². The van der Waals surface area contributed by atoms with Crippen LogP contribution in [0.1, 0.15) is 25.3 Å². The summed E-state index contributed by atoms with van der Waals surface area (Å²) in [6.45, 7) is 6.76. The van der Waals surface area contributed by atoms with Gasteiger partial charge in [0.15, 0.2) is 19.3 Å². The fourth-order valence-electron chi connectivity index (χ4n) is 1.51. The van der Waals surface area contributed by atoms with Crippen LogP contribution in [0.15, 0.2) is 12.3 Å². The first-order chi connectivity index (χ1) is 7.96. The van der Waals surface area contributed by atoms with Crippen molar-refractivity contribution in [1.82, 2.24) is 4.98 Å². The predicted octanol–water partition coefficient (Wildman–Crippen LogP) is 4.40. The third kappa shape index (κ3) is 4.74. The molecule has 5 heteroatoms.